The molecule has 0 aliphatic heterocycles. The SMILES string of the molecule is COc1ccc(CC(=O)O)cc1-c1ccc(C)cc1CN(CC(C)(C)C)C(C)=O. The van der Waals surface area contributed by atoms with Crippen LogP contribution in [0.15, 0.2) is 36.4 Å². The molecule has 0 aliphatic carbocycles. The molecule has 0 heterocycles. The van der Waals surface area contributed by atoms with E-state index in [4.69, 9.17) is 9.84 Å². The highest BCUT2D eigenvalue weighted by Crippen LogP contribution is 2.35. The van der Waals surface area contributed by atoms with Gasteiger partial charge in [0.05, 0.1) is 13.5 Å². The van der Waals surface area contributed by atoms with Crippen LogP contribution in [0.2, 0.25) is 0 Å². The highest BCUT2D eigenvalue weighted by Gasteiger charge is 2.21. The quantitative estimate of drug-likeness (QED) is 0.736. The van der Waals surface area contributed by atoms with Crippen LogP contribution < -0.4 is 4.74 Å². The molecule has 0 saturated carbocycles. The molecule has 0 atom stereocenters. The Labute approximate surface area is 173 Å². The van der Waals surface area contributed by atoms with E-state index in [2.05, 4.69) is 26.8 Å². The zero-order chi connectivity index (χ0) is 21.8. The normalized spacial score (nSPS) is 11.2. The van der Waals surface area contributed by atoms with Crippen LogP contribution in [0.4, 0.5) is 0 Å². The lowest BCUT2D eigenvalue weighted by Crippen LogP contribution is -2.35. The van der Waals surface area contributed by atoms with E-state index in [0.717, 1.165) is 22.3 Å². The fraction of sp³-hybridized carbons (Fsp3) is 0.417. The number of carboxylic acid groups (broad SMARTS) is 1. The van der Waals surface area contributed by atoms with E-state index in [9.17, 15) is 9.59 Å². The van der Waals surface area contributed by atoms with Crippen LogP contribution in [0.1, 0.15) is 44.4 Å². The van der Waals surface area contributed by atoms with Crippen molar-refractivity contribution < 1.29 is 19.4 Å². The Balaban J connectivity index is 2.55. The molecule has 5 nitrogen and oxygen atoms in total. The van der Waals surface area contributed by atoms with E-state index < -0.39 is 5.97 Å². The molecule has 0 bridgehead atoms. The van der Waals surface area contributed by atoms with Crippen molar-refractivity contribution in [3.63, 3.8) is 0 Å². The second-order valence-electron chi connectivity index (χ2n) is 8.70. The molecule has 2 aromatic carbocycles. The third-order valence-electron chi connectivity index (χ3n) is 4.64. The first-order valence-corrected chi connectivity index (χ1v) is 9.74. The molecule has 2 aromatic rings. The third-order valence-corrected chi connectivity index (χ3v) is 4.64. The van der Waals surface area contributed by atoms with Gasteiger partial charge in [-0.1, -0.05) is 50.6 Å². The number of benzene rings is 2. The van der Waals surface area contributed by atoms with Gasteiger partial charge in [-0.25, -0.2) is 0 Å². The Morgan fingerprint density at radius 1 is 1.07 bits per heavy atom. The molecule has 0 aliphatic rings. The summed E-state index contributed by atoms with van der Waals surface area (Å²) in [5, 5.41) is 9.16. The summed E-state index contributed by atoms with van der Waals surface area (Å²) in [7, 11) is 1.60. The number of hydrogen-bond acceptors (Lipinski definition) is 3. The van der Waals surface area contributed by atoms with Gasteiger partial charge in [-0.2, -0.15) is 0 Å². The van der Waals surface area contributed by atoms with E-state index in [1.54, 1.807) is 26.2 Å². The monoisotopic (exact) mass is 397 g/mol. The topological polar surface area (TPSA) is 66.8 Å². The number of aliphatic carboxylic acids is 1. The molecule has 1 amide bonds. The molecule has 0 radical (unpaired) electrons. The number of carbonyl (C=O) groups excluding carboxylic acids is 1. The number of carboxylic acids is 1. The molecule has 156 valence electrons. The van der Waals surface area contributed by atoms with Gasteiger partial charge in [-0.05, 0) is 41.2 Å². The van der Waals surface area contributed by atoms with Crippen LogP contribution in [0.25, 0.3) is 11.1 Å². The number of methoxy groups -OCH3 is 1. The molecule has 0 aromatic heterocycles. The van der Waals surface area contributed by atoms with Gasteiger partial charge >= 0.3 is 5.97 Å². The highest BCUT2D eigenvalue weighted by molar-refractivity contribution is 5.78. The summed E-state index contributed by atoms with van der Waals surface area (Å²) >= 11 is 0. The van der Waals surface area contributed by atoms with Crippen LogP contribution in [0.5, 0.6) is 5.75 Å². The van der Waals surface area contributed by atoms with Crippen LogP contribution >= 0.6 is 0 Å². The Hall–Kier alpha value is -2.82. The van der Waals surface area contributed by atoms with Crippen molar-refractivity contribution in [2.24, 2.45) is 5.41 Å². The smallest absolute Gasteiger partial charge is 0.307 e. The summed E-state index contributed by atoms with van der Waals surface area (Å²) in [4.78, 5) is 25.3. The molecular weight excluding hydrogens is 366 g/mol. The number of hydrogen-bond donors (Lipinski definition) is 1. The number of nitrogens with zero attached hydrogens (tertiary/aromatic N) is 1. The molecule has 1 N–H and O–H groups in total. The second kappa shape index (κ2) is 9.12. The van der Waals surface area contributed by atoms with E-state index in [0.29, 0.717) is 24.4 Å². The first-order chi connectivity index (χ1) is 13.5. The minimum Gasteiger partial charge on any atom is -0.496 e. The van der Waals surface area contributed by atoms with Crippen molar-refractivity contribution in [3.05, 3.63) is 53.1 Å². The zero-order valence-electron chi connectivity index (χ0n) is 18.2. The van der Waals surface area contributed by atoms with Crippen LogP contribution in [-0.2, 0) is 22.6 Å². The Morgan fingerprint density at radius 2 is 1.76 bits per heavy atom. The summed E-state index contributed by atoms with van der Waals surface area (Å²) in [6.07, 6.45) is -0.0538. The molecule has 0 spiro atoms. The summed E-state index contributed by atoms with van der Waals surface area (Å²) < 4.78 is 5.55. The van der Waals surface area contributed by atoms with Gasteiger partial charge in [0.2, 0.25) is 5.91 Å². The fourth-order valence-electron chi connectivity index (χ4n) is 3.42. The predicted molar refractivity (Wildman–Crippen MR) is 115 cm³/mol. The van der Waals surface area contributed by atoms with Gasteiger partial charge < -0.3 is 14.7 Å². The average Bonchev–Trinajstić information content (AvgIpc) is 2.59. The van der Waals surface area contributed by atoms with E-state index in [1.807, 2.05) is 30.0 Å². The predicted octanol–water partition coefficient (Wildman–Crippen LogP) is 4.69. The van der Waals surface area contributed by atoms with Crippen molar-refractivity contribution in [2.75, 3.05) is 13.7 Å². The number of rotatable bonds is 7. The highest BCUT2D eigenvalue weighted by atomic mass is 16.5. The van der Waals surface area contributed by atoms with Gasteiger partial charge in [-0.3, -0.25) is 9.59 Å². The number of amides is 1. The van der Waals surface area contributed by atoms with Crippen molar-refractivity contribution in [2.45, 2.75) is 47.6 Å². The van der Waals surface area contributed by atoms with E-state index in [-0.39, 0.29) is 17.7 Å². The summed E-state index contributed by atoms with van der Waals surface area (Å²) in [6, 6.07) is 11.5. The molecule has 29 heavy (non-hydrogen) atoms. The van der Waals surface area contributed by atoms with Gasteiger partial charge in [0, 0.05) is 25.6 Å². The zero-order valence-corrected chi connectivity index (χ0v) is 18.2. The van der Waals surface area contributed by atoms with Crippen LogP contribution in [0, 0.1) is 12.3 Å². The Morgan fingerprint density at radius 3 is 2.31 bits per heavy atom. The van der Waals surface area contributed by atoms with Crippen molar-refractivity contribution in [1.82, 2.24) is 4.90 Å². The number of aryl methyl sites for hydroxylation is 1. The Kier molecular flexibility index (Phi) is 7.07. The second-order valence-corrected chi connectivity index (χ2v) is 8.70. The maximum Gasteiger partial charge on any atom is 0.307 e. The van der Waals surface area contributed by atoms with Crippen LogP contribution in [-0.4, -0.2) is 35.5 Å². The van der Waals surface area contributed by atoms with E-state index in [1.165, 1.54) is 0 Å². The van der Waals surface area contributed by atoms with Gasteiger partial charge in [0.25, 0.3) is 0 Å². The van der Waals surface area contributed by atoms with E-state index >= 15 is 0 Å². The molecule has 5 heteroatoms. The summed E-state index contributed by atoms with van der Waals surface area (Å²) in [5.74, 6) is -0.174. The van der Waals surface area contributed by atoms with Crippen molar-refractivity contribution >= 4 is 11.9 Å². The number of ether oxygens (including phenoxy) is 1. The largest absolute Gasteiger partial charge is 0.496 e. The fourth-order valence-corrected chi connectivity index (χ4v) is 3.42. The van der Waals surface area contributed by atoms with Gasteiger partial charge in [0.1, 0.15) is 5.75 Å². The lowest BCUT2D eigenvalue weighted by molar-refractivity contribution is -0.136. The first-order valence-electron chi connectivity index (χ1n) is 9.74. The maximum atomic E-state index is 12.3. The number of carbonyl (C=O) groups is 2. The Bertz CT molecular complexity index is 896. The lowest BCUT2D eigenvalue weighted by Gasteiger charge is -2.30. The van der Waals surface area contributed by atoms with Gasteiger partial charge in [-0.15, -0.1) is 0 Å². The molecule has 0 unspecified atom stereocenters. The molecule has 0 fully saturated rings. The maximum absolute atomic E-state index is 12.3. The lowest BCUT2D eigenvalue weighted by atomic mass is 9.93. The molecular formula is C24H31NO4. The molecule has 2 rings (SSSR count). The minimum atomic E-state index is -0.877. The summed E-state index contributed by atoms with van der Waals surface area (Å²) in [5.41, 5.74) is 4.58. The summed E-state index contributed by atoms with van der Waals surface area (Å²) in [6.45, 7) is 11.1. The average molecular weight is 398 g/mol. The first kappa shape index (κ1) is 22.5. The van der Waals surface area contributed by atoms with Crippen LogP contribution in [0.3, 0.4) is 0 Å². The standard InChI is InChI=1S/C24H31NO4/c1-16-7-9-20(19(11-16)14-25(17(2)26)15-24(3,4)5)21-12-18(13-23(27)28)8-10-22(21)29-6/h7-12H,13-15H2,1-6H3,(H,27,28). The molecule has 0 saturated heterocycles. The van der Waals surface area contributed by atoms with Crippen molar-refractivity contribution in [3.8, 4) is 16.9 Å². The van der Waals surface area contributed by atoms with Gasteiger partial charge in [0.15, 0.2) is 0 Å². The minimum absolute atomic E-state index is 0.0191. The third kappa shape index (κ3) is 6.34. The van der Waals surface area contributed by atoms with Crippen molar-refractivity contribution in [1.29, 1.82) is 0 Å².